The Labute approximate surface area is 109 Å². The monoisotopic (exact) mass is 255 g/mol. The molecular weight excluding hydrogens is 242 g/mol. The molecule has 0 N–H and O–H groups in total. The number of rotatable bonds is 0. The van der Waals surface area contributed by atoms with Crippen molar-refractivity contribution in [2.75, 3.05) is 13.2 Å². The third kappa shape index (κ3) is 1.51. The lowest BCUT2D eigenvalue weighted by molar-refractivity contribution is -0.575. The second-order valence-corrected chi connectivity index (χ2v) is 4.75. The molecule has 96 valence electrons. The summed E-state index contributed by atoms with van der Waals surface area (Å²) >= 11 is 0. The third-order valence-electron chi connectivity index (χ3n) is 3.64. The molecule has 0 radical (unpaired) electrons. The Balaban J connectivity index is 2.16. The average molecular weight is 255 g/mol. The molecule has 1 aliphatic heterocycles. The largest absolute Gasteiger partial charge is 0.618 e. The SMILES string of the molecule is [O-][n+]1cc2nc3n(c2c2ccccc21)CCOCC3. The number of aromatic nitrogens is 3. The van der Waals surface area contributed by atoms with E-state index in [0.717, 1.165) is 39.9 Å². The summed E-state index contributed by atoms with van der Waals surface area (Å²) in [6.07, 6.45) is 2.36. The topological polar surface area (TPSA) is 54.0 Å². The van der Waals surface area contributed by atoms with Crippen LogP contribution in [0.2, 0.25) is 0 Å². The molecule has 5 nitrogen and oxygen atoms in total. The molecule has 0 aliphatic carbocycles. The van der Waals surface area contributed by atoms with E-state index < -0.39 is 0 Å². The third-order valence-corrected chi connectivity index (χ3v) is 3.64. The molecule has 0 spiro atoms. The summed E-state index contributed by atoms with van der Waals surface area (Å²) in [6.45, 7) is 2.18. The van der Waals surface area contributed by atoms with Gasteiger partial charge in [0, 0.05) is 19.0 Å². The first-order chi connectivity index (χ1) is 9.34. The fourth-order valence-corrected chi connectivity index (χ4v) is 2.79. The normalized spacial score (nSPS) is 15.6. The highest BCUT2D eigenvalue weighted by Crippen LogP contribution is 2.24. The fourth-order valence-electron chi connectivity index (χ4n) is 2.79. The van der Waals surface area contributed by atoms with E-state index in [1.165, 1.54) is 0 Å². The van der Waals surface area contributed by atoms with E-state index >= 15 is 0 Å². The van der Waals surface area contributed by atoms with Crippen molar-refractivity contribution in [1.82, 2.24) is 9.55 Å². The van der Waals surface area contributed by atoms with Crippen molar-refractivity contribution < 1.29 is 9.47 Å². The lowest BCUT2D eigenvalue weighted by atomic mass is 10.2. The molecule has 0 bridgehead atoms. The number of fused-ring (bicyclic) bond motifs is 5. The molecule has 0 saturated heterocycles. The molecule has 0 fully saturated rings. The Kier molecular flexibility index (Phi) is 2.22. The van der Waals surface area contributed by atoms with Gasteiger partial charge in [0.25, 0.3) is 0 Å². The van der Waals surface area contributed by atoms with E-state index in [1.54, 1.807) is 6.20 Å². The number of pyridine rings is 1. The smallest absolute Gasteiger partial charge is 0.226 e. The van der Waals surface area contributed by atoms with Crippen molar-refractivity contribution in [2.24, 2.45) is 0 Å². The molecule has 4 rings (SSSR count). The number of nitrogens with zero attached hydrogens (tertiary/aromatic N) is 3. The first kappa shape index (κ1) is 10.8. The van der Waals surface area contributed by atoms with Crippen molar-refractivity contribution >= 4 is 21.9 Å². The Morgan fingerprint density at radius 3 is 3.11 bits per heavy atom. The van der Waals surface area contributed by atoms with Crippen LogP contribution in [0, 0.1) is 5.21 Å². The Morgan fingerprint density at radius 2 is 2.16 bits per heavy atom. The molecule has 0 atom stereocenters. The molecule has 1 aliphatic rings. The van der Waals surface area contributed by atoms with Gasteiger partial charge in [-0.15, -0.1) is 0 Å². The summed E-state index contributed by atoms with van der Waals surface area (Å²) < 4.78 is 8.58. The van der Waals surface area contributed by atoms with E-state index in [9.17, 15) is 5.21 Å². The summed E-state index contributed by atoms with van der Waals surface area (Å²) in [4.78, 5) is 4.59. The second-order valence-electron chi connectivity index (χ2n) is 4.75. The van der Waals surface area contributed by atoms with Gasteiger partial charge in [-0.1, -0.05) is 12.1 Å². The number of benzene rings is 1. The lowest BCUT2D eigenvalue weighted by Crippen LogP contribution is -2.26. The highest BCUT2D eigenvalue weighted by Gasteiger charge is 2.19. The maximum atomic E-state index is 12.0. The van der Waals surface area contributed by atoms with Gasteiger partial charge in [-0.3, -0.25) is 0 Å². The van der Waals surface area contributed by atoms with Gasteiger partial charge in [0.1, 0.15) is 5.82 Å². The first-order valence-electron chi connectivity index (χ1n) is 6.42. The van der Waals surface area contributed by atoms with Crippen molar-refractivity contribution in [3.63, 3.8) is 0 Å². The first-order valence-corrected chi connectivity index (χ1v) is 6.42. The van der Waals surface area contributed by atoms with E-state index in [-0.39, 0.29) is 0 Å². The average Bonchev–Trinajstić information content (AvgIpc) is 2.61. The standard InChI is InChI=1S/C14H13N3O2/c18-17-9-11-14(10-3-1-2-4-12(10)17)16-6-8-19-7-5-13(16)15-11/h1-4,9H,5-8H2. The van der Waals surface area contributed by atoms with Gasteiger partial charge in [0.05, 0.1) is 24.1 Å². The maximum Gasteiger partial charge on any atom is 0.226 e. The summed E-state index contributed by atoms with van der Waals surface area (Å²) in [5.74, 6) is 1.00. The molecule has 0 saturated carbocycles. The minimum Gasteiger partial charge on any atom is -0.618 e. The lowest BCUT2D eigenvalue weighted by Gasteiger charge is -2.06. The van der Waals surface area contributed by atoms with Gasteiger partial charge in [-0.2, -0.15) is 4.73 Å². The zero-order valence-corrected chi connectivity index (χ0v) is 10.4. The fraction of sp³-hybridized carbons (Fsp3) is 0.286. The molecule has 3 aromatic rings. The van der Waals surface area contributed by atoms with Crippen LogP contribution in [0.1, 0.15) is 5.82 Å². The number of imidazole rings is 1. The van der Waals surface area contributed by atoms with Gasteiger partial charge < -0.3 is 14.5 Å². The van der Waals surface area contributed by atoms with Crippen LogP contribution in [0.3, 0.4) is 0 Å². The van der Waals surface area contributed by atoms with Crippen LogP contribution in [0.15, 0.2) is 30.5 Å². The highest BCUT2D eigenvalue weighted by molar-refractivity contribution is 6.00. The number of hydrogen-bond donors (Lipinski definition) is 0. The van der Waals surface area contributed by atoms with Crippen molar-refractivity contribution in [1.29, 1.82) is 0 Å². The maximum absolute atomic E-state index is 12.0. The summed E-state index contributed by atoms with van der Waals surface area (Å²) in [5, 5.41) is 13.0. The molecule has 1 aromatic carbocycles. The van der Waals surface area contributed by atoms with Crippen molar-refractivity contribution in [3.05, 3.63) is 41.5 Å². The van der Waals surface area contributed by atoms with Gasteiger partial charge in [-0.25, -0.2) is 4.98 Å². The Morgan fingerprint density at radius 1 is 1.26 bits per heavy atom. The van der Waals surface area contributed by atoms with Crippen molar-refractivity contribution in [3.8, 4) is 0 Å². The second kappa shape index (κ2) is 3.93. The minimum atomic E-state index is 0.683. The van der Waals surface area contributed by atoms with Crippen LogP contribution in [0.25, 0.3) is 21.9 Å². The molecule has 0 amide bonds. The van der Waals surface area contributed by atoms with Gasteiger partial charge in [0.2, 0.25) is 11.7 Å². The van der Waals surface area contributed by atoms with E-state index in [4.69, 9.17) is 4.74 Å². The molecule has 5 heteroatoms. The minimum absolute atomic E-state index is 0.683. The Bertz CT molecular complexity index is 779. The number of para-hydroxylation sites is 1. The summed E-state index contributed by atoms with van der Waals surface area (Å²) in [6, 6.07) is 7.65. The molecule has 19 heavy (non-hydrogen) atoms. The van der Waals surface area contributed by atoms with Gasteiger partial charge >= 0.3 is 0 Å². The Hall–Kier alpha value is -2.14. The van der Waals surface area contributed by atoms with Crippen LogP contribution in [-0.4, -0.2) is 22.8 Å². The highest BCUT2D eigenvalue weighted by atomic mass is 16.5. The number of hydrogen-bond acceptors (Lipinski definition) is 3. The van der Waals surface area contributed by atoms with Crippen LogP contribution in [-0.2, 0) is 17.7 Å². The van der Waals surface area contributed by atoms with Crippen LogP contribution in [0.4, 0.5) is 0 Å². The van der Waals surface area contributed by atoms with E-state index in [1.807, 2.05) is 24.3 Å². The predicted molar refractivity (Wildman–Crippen MR) is 70.7 cm³/mol. The molecule has 2 aromatic heterocycles. The van der Waals surface area contributed by atoms with Crippen LogP contribution < -0.4 is 4.73 Å². The zero-order chi connectivity index (χ0) is 12.8. The van der Waals surface area contributed by atoms with Gasteiger partial charge in [-0.05, 0) is 6.07 Å². The summed E-state index contributed by atoms with van der Waals surface area (Å²) in [5.41, 5.74) is 2.50. The van der Waals surface area contributed by atoms with Gasteiger partial charge in [0.15, 0.2) is 5.52 Å². The van der Waals surface area contributed by atoms with Crippen LogP contribution >= 0.6 is 0 Å². The molecular formula is C14H13N3O2. The number of ether oxygens (including phenoxy) is 1. The summed E-state index contributed by atoms with van der Waals surface area (Å²) in [7, 11) is 0. The molecule has 0 unspecified atom stereocenters. The zero-order valence-electron chi connectivity index (χ0n) is 10.4. The van der Waals surface area contributed by atoms with E-state index in [2.05, 4.69) is 9.55 Å². The predicted octanol–water partition coefficient (Wildman–Crippen LogP) is 1.40. The van der Waals surface area contributed by atoms with E-state index in [0.29, 0.717) is 18.7 Å². The van der Waals surface area contributed by atoms with Crippen LogP contribution in [0.5, 0.6) is 0 Å². The molecule has 3 heterocycles. The van der Waals surface area contributed by atoms with Crippen molar-refractivity contribution in [2.45, 2.75) is 13.0 Å². The quantitative estimate of drug-likeness (QED) is 0.450.